The summed E-state index contributed by atoms with van der Waals surface area (Å²) >= 11 is 0. The van der Waals surface area contributed by atoms with Crippen molar-refractivity contribution in [2.45, 2.75) is 75.5 Å². The van der Waals surface area contributed by atoms with Gasteiger partial charge < -0.3 is 15.4 Å². The number of aromatic nitrogens is 5. The summed E-state index contributed by atoms with van der Waals surface area (Å²) in [5, 5.41) is 9.98. The van der Waals surface area contributed by atoms with Crippen molar-refractivity contribution in [2.24, 2.45) is 11.8 Å². The Hall–Kier alpha value is -3.91. The minimum Gasteiger partial charge on any atom is -0.480 e. The van der Waals surface area contributed by atoms with Crippen LogP contribution < -0.4 is 15.4 Å². The third-order valence-electron chi connectivity index (χ3n) is 7.66. The molecule has 0 spiro atoms. The van der Waals surface area contributed by atoms with Crippen LogP contribution in [0, 0.1) is 11.8 Å². The maximum Gasteiger partial charge on any atom is 0.389 e. The van der Waals surface area contributed by atoms with Gasteiger partial charge in [-0.05, 0) is 49.1 Å². The highest BCUT2D eigenvalue weighted by Gasteiger charge is 2.40. The van der Waals surface area contributed by atoms with E-state index in [4.69, 9.17) is 4.74 Å². The predicted molar refractivity (Wildman–Crippen MR) is 138 cm³/mol. The van der Waals surface area contributed by atoms with Gasteiger partial charge in [0.05, 0.1) is 56.1 Å². The van der Waals surface area contributed by atoms with Crippen LogP contribution in [0.15, 0.2) is 30.9 Å². The maximum atomic E-state index is 14.0. The molecule has 0 aromatic carbocycles. The van der Waals surface area contributed by atoms with E-state index in [-0.39, 0.29) is 49.1 Å². The van der Waals surface area contributed by atoms with E-state index < -0.39 is 48.8 Å². The lowest BCUT2D eigenvalue weighted by Gasteiger charge is -2.33. The molecule has 0 bridgehead atoms. The van der Waals surface area contributed by atoms with Gasteiger partial charge in [0.2, 0.25) is 17.7 Å². The van der Waals surface area contributed by atoms with E-state index in [1.165, 1.54) is 30.2 Å². The number of halogens is 5. The Morgan fingerprint density at radius 2 is 1.76 bits per heavy atom. The summed E-state index contributed by atoms with van der Waals surface area (Å²) in [4.78, 5) is 38.1. The van der Waals surface area contributed by atoms with E-state index in [0.29, 0.717) is 16.9 Å². The fraction of sp³-hybridized carbons (Fsp3) is 0.556. The van der Waals surface area contributed by atoms with Gasteiger partial charge in [-0.3, -0.25) is 14.6 Å². The van der Waals surface area contributed by atoms with Gasteiger partial charge in [-0.15, -0.1) is 0 Å². The van der Waals surface area contributed by atoms with Crippen LogP contribution in [0.5, 0.6) is 5.88 Å². The largest absolute Gasteiger partial charge is 0.480 e. The van der Waals surface area contributed by atoms with Crippen molar-refractivity contribution >= 4 is 17.5 Å². The smallest absolute Gasteiger partial charge is 0.389 e. The van der Waals surface area contributed by atoms with Crippen molar-refractivity contribution in [2.75, 3.05) is 7.11 Å². The van der Waals surface area contributed by atoms with Gasteiger partial charge in [0.1, 0.15) is 5.69 Å². The first-order valence-corrected chi connectivity index (χ1v) is 13.7. The van der Waals surface area contributed by atoms with Crippen molar-refractivity contribution in [1.82, 2.24) is 35.2 Å². The zero-order valence-corrected chi connectivity index (χ0v) is 22.7. The number of nitrogens with zero attached hydrogens (tertiary/aromatic N) is 5. The number of nitrogens with one attached hydrogen (secondary N) is 2. The maximum absolute atomic E-state index is 14.0. The third-order valence-corrected chi connectivity index (χ3v) is 7.66. The molecule has 2 aliphatic carbocycles. The lowest BCUT2D eigenvalue weighted by atomic mass is 9.81. The number of ether oxygens (including phenoxy) is 1. The van der Waals surface area contributed by atoms with E-state index in [1.54, 1.807) is 12.3 Å². The molecule has 2 N–H and O–H groups in total. The van der Waals surface area contributed by atoms with Crippen LogP contribution in [-0.2, 0) is 4.79 Å². The van der Waals surface area contributed by atoms with Gasteiger partial charge in [-0.2, -0.15) is 18.3 Å². The van der Waals surface area contributed by atoms with Crippen molar-refractivity contribution < 1.29 is 36.3 Å². The Morgan fingerprint density at radius 1 is 1.05 bits per heavy atom. The van der Waals surface area contributed by atoms with Crippen LogP contribution in [0.25, 0.3) is 5.65 Å². The summed E-state index contributed by atoms with van der Waals surface area (Å²) in [5.74, 6) is -4.20. The number of carbonyl (C=O) groups excluding carboxylic acids is 2. The highest BCUT2D eigenvalue weighted by Crippen LogP contribution is 2.43. The van der Waals surface area contributed by atoms with Crippen molar-refractivity contribution in [3.8, 4) is 5.88 Å². The number of alkyl halides is 5. The monoisotopic (exact) mass is 595 g/mol. The van der Waals surface area contributed by atoms with Crippen LogP contribution in [0.2, 0.25) is 0 Å². The number of hydrogen-bond donors (Lipinski definition) is 2. The van der Waals surface area contributed by atoms with Crippen molar-refractivity contribution in [1.29, 1.82) is 0 Å². The number of carbonyl (C=O) groups is 2. The number of imidazole rings is 1. The zero-order valence-electron chi connectivity index (χ0n) is 22.7. The summed E-state index contributed by atoms with van der Waals surface area (Å²) in [6.07, 6.45) is 0.695. The number of rotatable bonds is 10. The van der Waals surface area contributed by atoms with Crippen LogP contribution in [0.3, 0.4) is 0 Å². The molecule has 226 valence electrons. The van der Waals surface area contributed by atoms with E-state index in [9.17, 15) is 31.5 Å². The van der Waals surface area contributed by atoms with Gasteiger partial charge >= 0.3 is 6.18 Å². The molecule has 5 rings (SSSR count). The summed E-state index contributed by atoms with van der Waals surface area (Å²) in [6.45, 7) is 0. The molecular weight excluding hydrogens is 565 g/mol. The molecule has 0 aliphatic heterocycles. The first-order chi connectivity index (χ1) is 19.9. The highest BCUT2D eigenvalue weighted by molar-refractivity contribution is 5.92. The van der Waals surface area contributed by atoms with E-state index >= 15 is 0 Å². The third kappa shape index (κ3) is 7.29. The molecule has 0 saturated heterocycles. The van der Waals surface area contributed by atoms with Gasteiger partial charge in [0.25, 0.3) is 5.91 Å². The molecule has 2 atom stereocenters. The molecule has 0 radical (unpaired) electrons. The Kier molecular flexibility index (Phi) is 8.28. The standard InChI is InChI=1S/C27H30F5N7O3/c1-42-22-13-33-12-18(36-22)25(41)38-24(16-4-7-26(28,29)8-5-16)19-14-39-20(35-19)10-17(11-34-39)23(15-2-3-15)37-21(40)6-9-27(30,31)32/h10-16,23-24H,2-9H2,1H3,(H,37,40)(H,38,41)/t23-,24+/m1/s1. The van der Waals surface area contributed by atoms with Gasteiger partial charge in [0.15, 0.2) is 5.65 Å². The molecule has 2 amide bonds. The Bertz CT molecular complexity index is 1430. The molecule has 3 aromatic rings. The van der Waals surface area contributed by atoms with Crippen molar-refractivity contribution in [3.05, 3.63) is 47.8 Å². The number of fused-ring (bicyclic) bond motifs is 1. The van der Waals surface area contributed by atoms with E-state index in [2.05, 4.69) is 30.7 Å². The van der Waals surface area contributed by atoms with E-state index in [0.717, 1.165) is 12.8 Å². The van der Waals surface area contributed by atoms with Gasteiger partial charge in [0, 0.05) is 19.3 Å². The minimum atomic E-state index is -4.43. The average Bonchev–Trinajstić information content (AvgIpc) is 3.71. The second-order valence-corrected chi connectivity index (χ2v) is 10.8. The molecule has 15 heteroatoms. The Labute approximate surface area is 237 Å². The fourth-order valence-electron chi connectivity index (χ4n) is 5.23. The van der Waals surface area contributed by atoms with Crippen molar-refractivity contribution in [3.63, 3.8) is 0 Å². The van der Waals surface area contributed by atoms with Gasteiger partial charge in [-0.1, -0.05) is 0 Å². The predicted octanol–water partition coefficient (Wildman–Crippen LogP) is 4.73. The normalized spacial score (nSPS) is 18.8. The second-order valence-electron chi connectivity index (χ2n) is 10.8. The molecule has 3 aromatic heterocycles. The first-order valence-electron chi connectivity index (χ1n) is 13.7. The molecule has 42 heavy (non-hydrogen) atoms. The molecule has 0 unspecified atom stereocenters. The molecule has 2 fully saturated rings. The Balaban J connectivity index is 1.40. The SMILES string of the molecule is COc1cncc(C(=O)N[C@H](c2cn3ncc([C@H](NC(=O)CCC(F)(F)F)C4CC4)cc3n2)C2CCC(F)(F)CC2)n1. The number of methoxy groups -OCH3 is 1. The van der Waals surface area contributed by atoms with Crippen LogP contribution >= 0.6 is 0 Å². The van der Waals surface area contributed by atoms with Crippen LogP contribution in [0.4, 0.5) is 22.0 Å². The minimum absolute atomic E-state index is 0.0156. The van der Waals surface area contributed by atoms with Crippen LogP contribution in [0.1, 0.15) is 85.2 Å². The molecular formula is C27H30F5N7O3. The molecule has 10 nitrogen and oxygen atoms in total. The van der Waals surface area contributed by atoms with E-state index in [1.807, 2.05) is 0 Å². The lowest BCUT2D eigenvalue weighted by molar-refractivity contribution is -0.144. The molecule has 2 aliphatic rings. The lowest BCUT2D eigenvalue weighted by Crippen LogP contribution is -2.37. The first kappa shape index (κ1) is 29.6. The highest BCUT2D eigenvalue weighted by atomic mass is 19.4. The van der Waals surface area contributed by atoms with Crippen LogP contribution in [-0.4, -0.2) is 55.6 Å². The fourth-order valence-corrected chi connectivity index (χ4v) is 5.23. The summed E-state index contributed by atoms with van der Waals surface area (Å²) in [5.41, 5.74) is 1.35. The summed E-state index contributed by atoms with van der Waals surface area (Å²) in [6, 6.07) is 0.421. The average molecular weight is 596 g/mol. The topological polar surface area (TPSA) is 123 Å². The molecule has 3 heterocycles. The van der Waals surface area contributed by atoms with Gasteiger partial charge in [-0.25, -0.2) is 23.3 Å². The Morgan fingerprint density at radius 3 is 2.43 bits per heavy atom. The molecule has 2 saturated carbocycles. The number of amides is 2. The quantitative estimate of drug-likeness (QED) is 0.325. The summed E-state index contributed by atoms with van der Waals surface area (Å²) in [7, 11) is 1.39. The number of hydrogen-bond acceptors (Lipinski definition) is 7. The summed E-state index contributed by atoms with van der Waals surface area (Å²) < 4.78 is 72.2. The zero-order chi connectivity index (χ0) is 30.1. The second kappa shape index (κ2) is 11.8.